The molecule has 0 amide bonds. The lowest BCUT2D eigenvalue weighted by Gasteiger charge is -1.81. The van der Waals surface area contributed by atoms with E-state index in [0.29, 0.717) is 0 Å². The van der Waals surface area contributed by atoms with Crippen LogP contribution in [0.1, 0.15) is 11.3 Å². The topological polar surface area (TPSA) is 40.7 Å². The highest BCUT2D eigenvalue weighted by molar-refractivity contribution is 5.18. The van der Waals surface area contributed by atoms with Crippen LogP contribution in [0.5, 0.6) is 0 Å². The average Bonchev–Trinajstić information content (AvgIpc) is 2.15. The molecule has 3 heteroatoms. The number of aromatic nitrogens is 2. The van der Waals surface area contributed by atoms with Crippen LogP contribution in [0.15, 0.2) is 0 Å². The fourth-order valence-corrected chi connectivity index (χ4v) is 0.901. The maximum atomic E-state index is 3.95. The fourth-order valence-electron chi connectivity index (χ4n) is 0.901. The summed E-state index contributed by atoms with van der Waals surface area (Å²) in [4.78, 5) is 0. The molecule has 1 aromatic rings. The van der Waals surface area contributed by atoms with E-state index in [1.54, 1.807) is 0 Å². The molecule has 0 bridgehead atoms. The molecule has 0 fully saturated rings. The molecule has 2 heterocycles. The third kappa shape index (κ3) is 0.391. The van der Waals surface area contributed by atoms with Gasteiger partial charge in [0.05, 0.1) is 11.9 Å². The Morgan fingerprint density at radius 3 is 3.38 bits per heavy atom. The standard InChI is InChI=1S/C5H6N3/c1-4-2-7-8-5(4)3-6-1/h6H,1,3H2,(H,7,8). The van der Waals surface area contributed by atoms with Crippen LogP contribution in [0.3, 0.4) is 0 Å². The molecule has 1 aliphatic heterocycles. The van der Waals surface area contributed by atoms with Gasteiger partial charge in [-0.1, -0.05) is 0 Å². The predicted molar refractivity (Wildman–Crippen MR) is 28.0 cm³/mol. The van der Waals surface area contributed by atoms with Crippen molar-refractivity contribution in [2.45, 2.75) is 13.1 Å². The second-order valence-electron chi connectivity index (χ2n) is 1.88. The Labute approximate surface area is 47.1 Å². The molecule has 0 spiro atoms. The summed E-state index contributed by atoms with van der Waals surface area (Å²) in [6.45, 7) is 1.82. The predicted octanol–water partition coefficient (Wildman–Crippen LogP) is -0.187. The summed E-state index contributed by atoms with van der Waals surface area (Å²) in [6, 6.07) is 0. The van der Waals surface area contributed by atoms with Crippen LogP contribution >= 0.6 is 0 Å². The Kier molecular flexibility index (Phi) is 0.676. The molecular weight excluding hydrogens is 102 g/mol. The number of hydrogen-bond donors (Lipinski definition) is 2. The first-order chi connectivity index (χ1) is 3.97. The largest absolute Gasteiger partial charge is 0.307 e. The van der Waals surface area contributed by atoms with Gasteiger partial charge in [-0.25, -0.2) is 0 Å². The molecule has 1 radical (unpaired) electrons. The molecule has 0 saturated heterocycles. The Bertz CT molecular complexity index is 173. The van der Waals surface area contributed by atoms with E-state index < -0.39 is 0 Å². The van der Waals surface area contributed by atoms with E-state index in [4.69, 9.17) is 0 Å². The Morgan fingerprint density at radius 2 is 2.50 bits per heavy atom. The molecule has 0 unspecified atom stereocenters. The van der Waals surface area contributed by atoms with Gasteiger partial charge in [0, 0.05) is 18.7 Å². The summed E-state index contributed by atoms with van der Waals surface area (Å²) in [5.74, 6) is 0. The second-order valence-corrected chi connectivity index (χ2v) is 1.88. The van der Waals surface area contributed by atoms with Crippen molar-refractivity contribution >= 4 is 0 Å². The van der Waals surface area contributed by atoms with Crippen molar-refractivity contribution in [3.8, 4) is 0 Å². The van der Waals surface area contributed by atoms with Crippen LogP contribution < -0.4 is 5.32 Å². The van der Waals surface area contributed by atoms with Crippen molar-refractivity contribution in [1.29, 1.82) is 0 Å². The zero-order chi connectivity index (χ0) is 5.40. The van der Waals surface area contributed by atoms with E-state index >= 15 is 0 Å². The summed E-state index contributed by atoms with van der Waals surface area (Å²) < 4.78 is 0. The molecule has 41 valence electrons. The van der Waals surface area contributed by atoms with Gasteiger partial charge in [0.2, 0.25) is 0 Å². The van der Waals surface area contributed by atoms with E-state index in [2.05, 4.69) is 21.7 Å². The van der Waals surface area contributed by atoms with E-state index in [9.17, 15) is 0 Å². The zero-order valence-electron chi connectivity index (χ0n) is 4.36. The van der Waals surface area contributed by atoms with Gasteiger partial charge in [0.15, 0.2) is 0 Å². The maximum Gasteiger partial charge on any atom is 0.0880 e. The summed E-state index contributed by atoms with van der Waals surface area (Å²) in [5.41, 5.74) is 2.30. The monoisotopic (exact) mass is 108 g/mol. The van der Waals surface area contributed by atoms with Crippen LogP contribution in [0.2, 0.25) is 0 Å². The van der Waals surface area contributed by atoms with Crippen LogP contribution in [0, 0.1) is 6.20 Å². The minimum atomic E-state index is 0.898. The first-order valence-corrected chi connectivity index (χ1v) is 2.61. The van der Waals surface area contributed by atoms with Gasteiger partial charge in [0.25, 0.3) is 0 Å². The third-order valence-electron chi connectivity index (χ3n) is 1.34. The number of fused-ring (bicyclic) bond motifs is 1. The van der Waals surface area contributed by atoms with E-state index in [0.717, 1.165) is 18.8 Å². The lowest BCUT2D eigenvalue weighted by atomic mass is 10.3. The van der Waals surface area contributed by atoms with Crippen LogP contribution in [-0.2, 0) is 13.1 Å². The Hall–Kier alpha value is -0.830. The van der Waals surface area contributed by atoms with Gasteiger partial charge in [-0.2, -0.15) is 5.10 Å². The zero-order valence-corrected chi connectivity index (χ0v) is 4.36. The number of nitrogens with one attached hydrogen (secondary N) is 2. The van der Waals surface area contributed by atoms with Gasteiger partial charge in [-0.05, 0) is 0 Å². The van der Waals surface area contributed by atoms with Crippen molar-refractivity contribution in [2.75, 3.05) is 0 Å². The smallest absolute Gasteiger partial charge is 0.0880 e. The van der Waals surface area contributed by atoms with Crippen LogP contribution in [0.4, 0.5) is 0 Å². The first-order valence-electron chi connectivity index (χ1n) is 2.61. The number of hydrogen-bond acceptors (Lipinski definition) is 2. The Balaban J connectivity index is 2.54. The quantitative estimate of drug-likeness (QED) is 0.483. The summed E-state index contributed by atoms with van der Waals surface area (Å²) in [5, 5.41) is 9.79. The van der Waals surface area contributed by atoms with Crippen molar-refractivity contribution in [3.63, 3.8) is 0 Å². The van der Waals surface area contributed by atoms with Crippen LogP contribution in [-0.4, -0.2) is 10.2 Å². The minimum Gasteiger partial charge on any atom is -0.307 e. The van der Waals surface area contributed by atoms with E-state index in [-0.39, 0.29) is 0 Å². The number of aromatic amines is 1. The first kappa shape index (κ1) is 4.09. The molecule has 2 N–H and O–H groups in total. The molecule has 1 aliphatic rings. The highest BCUT2D eigenvalue weighted by Crippen LogP contribution is 2.08. The van der Waals surface area contributed by atoms with Gasteiger partial charge in [-0.3, -0.25) is 5.10 Å². The molecule has 0 aromatic carbocycles. The van der Waals surface area contributed by atoms with Crippen molar-refractivity contribution in [1.82, 2.24) is 15.5 Å². The van der Waals surface area contributed by atoms with Crippen molar-refractivity contribution < 1.29 is 0 Å². The average molecular weight is 108 g/mol. The molecule has 0 atom stereocenters. The van der Waals surface area contributed by atoms with E-state index in [1.165, 1.54) is 5.56 Å². The van der Waals surface area contributed by atoms with Gasteiger partial charge in [0.1, 0.15) is 0 Å². The summed E-state index contributed by atoms with van der Waals surface area (Å²) in [6.07, 6.45) is 2.92. The number of H-pyrrole nitrogens is 1. The molecule has 0 aliphatic carbocycles. The van der Waals surface area contributed by atoms with Gasteiger partial charge in [-0.15, -0.1) is 0 Å². The Morgan fingerprint density at radius 1 is 1.50 bits per heavy atom. The lowest BCUT2D eigenvalue weighted by Crippen LogP contribution is -2.01. The maximum absolute atomic E-state index is 3.95. The molecule has 0 saturated carbocycles. The summed E-state index contributed by atoms with van der Waals surface area (Å²) in [7, 11) is 0. The normalized spacial score (nSPS) is 16.5. The third-order valence-corrected chi connectivity index (χ3v) is 1.34. The molecule has 2 rings (SSSR count). The highest BCUT2D eigenvalue weighted by atomic mass is 15.1. The molecule has 3 nitrogen and oxygen atoms in total. The summed E-state index contributed by atoms with van der Waals surface area (Å²) >= 11 is 0. The van der Waals surface area contributed by atoms with E-state index in [1.807, 2.05) is 0 Å². The molecule has 1 aromatic heterocycles. The van der Waals surface area contributed by atoms with Crippen molar-refractivity contribution in [3.05, 3.63) is 17.5 Å². The van der Waals surface area contributed by atoms with Gasteiger partial charge >= 0.3 is 0 Å². The molecular formula is C5H6N3. The minimum absolute atomic E-state index is 0.898. The fraction of sp³-hybridized carbons (Fsp3) is 0.400. The lowest BCUT2D eigenvalue weighted by molar-refractivity contribution is 0.741. The number of nitrogens with zero attached hydrogens (tertiary/aromatic N) is 1. The second kappa shape index (κ2) is 1.32. The number of rotatable bonds is 0. The van der Waals surface area contributed by atoms with Gasteiger partial charge < -0.3 is 5.32 Å². The van der Waals surface area contributed by atoms with Crippen LogP contribution in [0.25, 0.3) is 0 Å². The SMILES string of the molecule is [c]1[nH]nc2c1CNC2. The highest BCUT2D eigenvalue weighted by Gasteiger charge is 2.10. The van der Waals surface area contributed by atoms with Crippen molar-refractivity contribution in [2.24, 2.45) is 0 Å². The molecule has 8 heavy (non-hydrogen) atoms.